The number of furan rings is 1. The van der Waals surface area contributed by atoms with Crippen LogP contribution in [0, 0.1) is 5.92 Å². The molecule has 0 atom stereocenters. The highest BCUT2D eigenvalue weighted by molar-refractivity contribution is 5.94. The number of rotatable bonds is 12. The minimum Gasteiger partial charge on any atom is -0.459 e. The Bertz CT molecular complexity index is 996. The lowest BCUT2D eigenvalue weighted by molar-refractivity contribution is -0.133. The molecular formula is C26H33N3O4. The highest BCUT2D eigenvalue weighted by Crippen LogP contribution is 2.13. The first-order valence-corrected chi connectivity index (χ1v) is 11.3. The molecule has 2 aromatic heterocycles. The number of nitrogens with zero attached hydrogens (tertiary/aromatic N) is 3. The van der Waals surface area contributed by atoms with Gasteiger partial charge in [-0.2, -0.15) is 0 Å². The summed E-state index contributed by atoms with van der Waals surface area (Å²) in [6.07, 6.45) is 3.49. The van der Waals surface area contributed by atoms with E-state index in [-0.39, 0.29) is 30.0 Å². The second kappa shape index (κ2) is 12.1. The Labute approximate surface area is 195 Å². The molecule has 3 aromatic rings. The summed E-state index contributed by atoms with van der Waals surface area (Å²) in [5, 5.41) is 0. The molecule has 176 valence electrons. The van der Waals surface area contributed by atoms with Crippen LogP contribution >= 0.6 is 0 Å². The predicted octanol–water partition coefficient (Wildman–Crippen LogP) is 3.90. The number of methoxy groups -OCH3 is 1. The lowest BCUT2D eigenvalue weighted by Gasteiger charge is -2.28. The molecule has 0 aliphatic rings. The number of amides is 2. The number of benzene rings is 1. The molecule has 0 radical (unpaired) electrons. The monoisotopic (exact) mass is 451 g/mol. The van der Waals surface area contributed by atoms with Crippen molar-refractivity contribution in [2.45, 2.75) is 26.9 Å². The fraction of sp³-hybridized carbons (Fsp3) is 0.385. The molecule has 0 saturated carbocycles. The highest BCUT2D eigenvalue weighted by atomic mass is 16.5. The molecule has 0 bridgehead atoms. The average Bonchev–Trinajstić information content (AvgIpc) is 3.48. The van der Waals surface area contributed by atoms with Gasteiger partial charge in [0.25, 0.3) is 5.91 Å². The van der Waals surface area contributed by atoms with E-state index in [2.05, 4.69) is 16.7 Å². The topological polar surface area (TPSA) is 67.9 Å². The number of carbonyl (C=O) groups is 2. The Morgan fingerprint density at radius 3 is 2.48 bits per heavy atom. The van der Waals surface area contributed by atoms with Gasteiger partial charge in [-0.1, -0.05) is 44.2 Å². The van der Waals surface area contributed by atoms with Crippen molar-refractivity contribution >= 4 is 11.8 Å². The van der Waals surface area contributed by atoms with E-state index < -0.39 is 0 Å². The molecular weight excluding hydrogens is 418 g/mol. The molecule has 2 amide bonds. The Morgan fingerprint density at radius 2 is 1.82 bits per heavy atom. The largest absolute Gasteiger partial charge is 0.459 e. The molecule has 0 aliphatic carbocycles. The second-order valence-electron chi connectivity index (χ2n) is 8.48. The van der Waals surface area contributed by atoms with E-state index in [1.54, 1.807) is 29.0 Å². The van der Waals surface area contributed by atoms with Gasteiger partial charge in [-0.15, -0.1) is 0 Å². The first-order valence-electron chi connectivity index (χ1n) is 11.3. The molecule has 7 nitrogen and oxygen atoms in total. The van der Waals surface area contributed by atoms with Crippen molar-refractivity contribution < 1.29 is 18.7 Å². The number of carbonyl (C=O) groups excluding carboxylic acids is 2. The molecule has 0 fully saturated rings. The highest BCUT2D eigenvalue weighted by Gasteiger charge is 2.25. The van der Waals surface area contributed by atoms with Crippen LogP contribution in [0.25, 0.3) is 0 Å². The van der Waals surface area contributed by atoms with Crippen LogP contribution in [-0.2, 0) is 22.6 Å². The molecule has 0 saturated heterocycles. The third-order valence-electron chi connectivity index (χ3n) is 5.32. The molecule has 0 spiro atoms. The Morgan fingerprint density at radius 1 is 1.03 bits per heavy atom. The van der Waals surface area contributed by atoms with E-state index in [4.69, 9.17) is 9.15 Å². The summed E-state index contributed by atoms with van der Waals surface area (Å²) in [6.45, 7) is 6.52. The smallest absolute Gasteiger partial charge is 0.290 e. The van der Waals surface area contributed by atoms with Crippen molar-refractivity contribution in [3.05, 3.63) is 84.1 Å². The van der Waals surface area contributed by atoms with E-state index >= 15 is 0 Å². The average molecular weight is 452 g/mol. The van der Waals surface area contributed by atoms with Crippen molar-refractivity contribution in [3.63, 3.8) is 0 Å². The van der Waals surface area contributed by atoms with Crippen molar-refractivity contribution in [2.24, 2.45) is 5.92 Å². The predicted molar refractivity (Wildman–Crippen MR) is 127 cm³/mol. The summed E-state index contributed by atoms with van der Waals surface area (Å²) in [7, 11) is 1.62. The molecule has 0 aliphatic heterocycles. The van der Waals surface area contributed by atoms with Gasteiger partial charge in [-0.3, -0.25) is 9.59 Å². The number of aromatic nitrogens is 1. The van der Waals surface area contributed by atoms with Gasteiger partial charge in [-0.05, 0) is 35.7 Å². The van der Waals surface area contributed by atoms with Crippen LogP contribution in [-0.4, -0.2) is 59.5 Å². The summed E-state index contributed by atoms with van der Waals surface area (Å²) in [5.74, 6) is 0.0529. The second-order valence-corrected chi connectivity index (χ2v) is 8.48. The summed E-state index contributed by atoms with van der Waals surface area (Å²) in [4.78, 5) is 29.6. The molecule has 0 N–H and O–H groups in total. The van der Waals surface area contributed by atoms with Crippen molar-refractivity contribution in [1.29, 1.82) is 0 Å². The van der Waals surface area contributed by atoms with Crippen LogP contribution < -0.4 is 0 Å². The Kier molecular flexibility index (Phi) is 8.89. The minimum atomic E-state index is -0.277. The zero-order valence-electron chi connectivity index (χ0n) is 19.6. The minimum absolute atomic E-state index is 0.0131. The zero-order valence-corrected chi connectivity index (χ0v) is 19.6. The number of ether oxygens (including phenoxy) is 1. The molecule has 3 rings (SSSR count). The summed E-state index contributed by atoms with van der Waals surface area (Å²) in [5.41, 5.74) is 2.22. The van der Waals surface area contributed by atoms with E-state index in [1.807, 2.05) is 50.4 Å². The summed E-state index contributed by atoms with van der Waals surface area (Å²) >= 11 is 0. The first kappa shape index (κ1) is 24.3. The van der Waals surface area contributed by atoms with Crippen LogP contribution in [0.3, 0.4) is 0 Å². The van der Waals surface area contributed by atoms with Gasteiger partial charge >= 0.3 is 0 Å². The fourth-order valence-corrected chi connectivity index (χ4v) is 3.70. The normalized spacial score (nSPS) is 11.0. The van der Waals surface area contributed by atoms with Gasteiger partial charge in [0.1, 0.15) is 6.54 Å². The van der Waals surface area contributed by atoms with E-state index in [0.717, 1.165) is 12.2 Å². The van der Waals surface area contributed by atoms with Gasteiger partial charge in [0.15, 0.2) is 5.76 Å². The number of hydrogen-bond acceptors (Lipinski definition) is 4. The van der Waals surface area contributed by atoms with E-state index in [1.165, 1.54) is 11.8 Å². The molecule has 7 heteroatoms. The maximum atomic E-state index is 13.3. The lowest BCUT2D eigenvalue weighted by Crippen LogP contribution is -2.45. The summed E-state index contributed by atoms with van der Waals surface area (Å²) in [6, 6.07) is 17.5. The van der Waals surface area contributed by atoms with Crippen molar-refractivity contribution in [1.82, 2.24) is 14.4 Å². The Balaban J connectivity index is 1.74. The maximum absolute atomic E-state index is 13.3. The molecule has 2 heterocycles. The quantitative estimate of drug-likeness (QED) is 0.419. The van der Waals surface area contributed by atoms with Crippen LogP contribution in [0.1, 0.15) is 35.7 Å². The lowest BCUT2D eigenvalue weighted by atomic mass is 10.2. The molecule has 0 unspecified atom stereocenters. The van der Waals surface area contributed by atoms with Gasteiger partial charge in [0.05, 0.1) is 19.4 Å². The zero-order chi connectivity index (χ0) is 23.6. The fourth-order valence-electron chi connectivity index (χ4n) is 3.70. The van der Waals surface area contributed by atoms with Crippen molar-refractivity contribution in [2.75, 3.05) is 33.4 Å². The molecule has 1 aromatic carbocycles. The third kappa shape index (κ3) is 7.08. The van der Waals surface area contributed by atoms with Crippen LogP contribution in [0.4, 0.5) is 0 Å². The third-order valence-corrected chi connectivity index (χ3v) is 5.32. The van der Waals surface area contributed by atoms with Crippen LogP contribution in [0.5, 0.6) is 0 Å². The van der Waals surface area contributed by atoms with Crippen LogP contribution in [0.2, 0.25) is 0 Å². The molecule has 33 heavy (non-hydrogen) atoms. The van der Waals surface area contributed by atoms with Gasteiger partial charge < -0.3 is 23.5 Å². The van der Waals surface area contributed by atoms with Gasteiger partial charge in [-0.25, -0.2) is 0 Å². The SMILES string of the molecule is COCCN(Cc1cccn1Cc1ccccc1)C(=O)CN(CC(C)C)C(=O)c1ccco1. The van der Waals surface area contributed by atoms with E-state index in [0.29, 0.717) is 26.2 Å². The Hall–Kier alpha value is -3.32. The van der Waals surface area contributed by atoms with Gasteiger partial charge in [0.2, 0.25) is 5.91 Å². The first-order chi connectivity index (χ1) is 16.0. The van der Waals surface area contributed by atoms with Gasteiger partial charge in [0, 0.05) is 38.6 Å². The van der Waals surface area contributed by atoms with Crippen LogP contribution in [0.15, 0.2) is 71.5 Å². The summed E-state index contributed by atoms with van der Waals surface area (Å²) < 4.78 is 12.7. The number of hydrogen-bond donors (Lipinski definition) is 0. The maximum Gasteiger partial charge on any atom is 0.290 e. The van der Waals surface area contributed by atoms with Crippen molar-refractivity contribution in [3.8, 4) is 0 Å². The standard InChI is InChI=1S/C26H33N3O4/c1-21(2)17-29(26(31)24-12-8-15-33-24)20-25(30)28(14-16-32-3)19-23-11-7-13-27(23)18-22-9-5-4-6-10-22/h4-13,15,21H,14,16-20H2,1-3H3. The van der Waals surface area contributed by atoms with E-state index in [9.17, 15) is 9.59 Å².